The lowest BCUT2D eigenvalue weighted by atomic mass is 10.1. The van der Waals surface area contributed by atoms with Gasteiger partial charge in [0.05, 0.1) is 28.2 Å². The summed E-state index contributed by atoms with van der Waals surface area (Å²) < 4.78 is 5.11. The van der Waals surface area contributed by atoms with Crippen LogP contribution in [0.1, 0.15) is 26.3 Å². The van der Waals surface area contributed by atoms with Gasteiger partial charge in [0, 0.05) is 0 Å². The summed E-state index contributed by atoms with van der Waals surface area (Å²) in [4.78, 5) is 11.6. The highest BCUT2D eigenvalue weighted by Crippen LogP contribution is 2.32. The molecule has 0 fully saturated rings. The number of amides is 1. The van der Waals surface area contributed by atoms with Crippen LogP contribution in [0.3, 0.4) is 0 Å². The summed E-state index contributed by atoms with van der Waals surface area (Å²) in [6.07, 6.45) is -0.434. The third kappa shape index (κ3) is 4.98. The Bertz CT molecular complexity index is 507. The number of rotatable bonds is 2. The molecule has 0 unspecified atom stereocenters. The highest BCUT2D eigenvalue weighted by atomic mass is 35.5. The fourth-order valence-corrected chi connectivity index (χ4v) is 1.97. The minimum absolute atomic E-state index is 0.201. The van der Waals surface area contributed by atoms with Crippen molar-refractivity contribution in [1.82, 2.24) is 0 Å². The molecule has 0 aliphatic carbocycles. The molecule has 1 rings (SSSR count). The molecule has 1 aromatic carbocycles. The molecule has 19 heavy (non-hydrogen) atoms. The fourth-order valence-electron chi connectivity index (χ4n) is 1.34. The van der Waals surface area contributed by atoms with Crippen LogP contribution in [-0.4, -0.2) is 11.7 Å². The monoisotopic (exact) mass is 300 g/mol. The summed E-state index contributed by atoms with van der Waals surface area (Å²) in [6, 6.07) is 5.17. The summed E-state index contributed by atoms with van der Waals surface area (Å²) in [5.41, 5.74) is 0.357. The van der Waals surface area contributed by atoms with E-state index in [2.05, 4.69) is 5.32 Å². The molecule has 6 heteroatoms. The molecule has 0 heterocycles. The average molecular weight is 301 g/mol. The number of ether oxygens (including phenoxy) is 1. The molecule has 1 amide bonds. The Labute approximate surface area is 122 Å². The molecule has 1 aromatic rings. The van der Waals surface area contributed by atoms with Gasteiger partial charge in [-0.2, -0.15) is 5.26 Å². The van der Waals surface area contributed by atoms with Crippen LogP contribution >= 0.6 is 23.2 Å². The minimum atomic E-state index is -0.635. The number of benzene rings is 1. The van der Waals surface area contributed by atoms with E-state index in [1.807, 2.05) is 6.07 Å². The number of halogens is 2. The second-order valence-corrected chi connectivity index (χ2v) is 5.71. The molecule has 102 valence electrons. The zero-order valence-corrected chi connectivity index (χ0v) is 12.4. The van der Waals surface area contributed by atoms with Crippen molar-refractivity contribution in [2.24, 2.45) is 0 Å². The molecule has 1 N–H and O–H groups in total. The van der Waals surface area contributed by atoms with E-state index in [4.69, 9.17) is 33.2 Å². The summed E-state index contributed by atoms with van der Waals surface area (Å²) in [6.45, 7) is 5.27. The molecule has 0 radical (unpaired) electrons. The third-order valence-electron chi connectivity index (χ3n) is 2.01. The van der Waals surface area contributed by atoms with Gasteiger partial charge in [-0.15, -0.1) is 0 Å². The third-order valence-corrected chi connectivity index (χ3v) is 2.61. The van der Waals surface area contributed by atoms with Crippen LogP contribution in [-0.2, 0) is 11.2 Å². The van der Waals surface area contributed by atoms with Crippen molar-refractivity contribution in [3.63, 3.8) is 0 Å². The van der Waals surface area contributed by atoms with Crippen LogP contribution in [0, 0.1) is 11.3 Å². The first-order valence-electron chi connectivity index (χ1n) is 5.58. The molecule has 0 aliphatic rings. The Morgan fingerprint density at radius 1 is 1.37 bits per heavy atom. The maximum atomic E-state index is 11.6. The first-order chi connectivity index (χ1) is 8.73. The summed E-state index contributed by atoms with van der Waals surface area (Å²) >= 11 is 12.0. The first-order valence-corrected chi connectivity index (χ1v) is 6.33. The Balaban J connectivity index is 2.91. The molecular weight excluding hydrogens is 287 g/mol. The van der Waals surface area contributed by atoms with Crippen molar-refractivity contribution in [3.05, 3.63) is 27.7 Å². The molecule has 0 saturated carbocycles. The topological polar surface area (TPSA) is 62.1 Å². The van der Waals surface area contributed by atoms with Crippen LogP contribution in [0.2, 0.25) is 10.0 Å². The highest BCUT2D eigenvalue weighted by molar-refractivity contribution is 6.39. The predicted octanol–water partition coefficient (Wildman–Crippen LogP) is 4.41. The Hall–Kier alpha value is -1.44. The largest absolute Gasteiger partial charge is 0.444 e. The number of nitrogens with one attached hydrogen (secondary N) is 1. The van der Waals surface area contributed by atoms with E-state index in [1.165, 1.54) is 0 Å². The SMILES string of the molecule is CC(C)(C)OC(=O)Nc1c(Cl)cc(CC#N)cc1Cl. The van der Waals surface area contributed by atoms with Gasteiger partial charge >= 0.3 is 6.09 Å². The molecule has 4 nitrogen and oxygen atoms in total. The second kappa shape index (κ2) is 6.14. The van der Waals surface area contributed by atoms with Gasteiger partial charge in [0.1, 0.15) is 5.60 Å². The van der Waals surface area contributed by atoms with Gasteiger partial charge < -0.3 is 4.74 Å². The van der Waals surface area contributed by atoms with E-state index in [-0.39, 0.29) is 22.2 Å². The maximum absolute atomic E-state index is 11.6. The van der Waals surface area contributed by atoms with E-state index in [9.17, 15) is 4.79 Å². The minimum Gasteiger partial charge on any atom is -0.444 e. The zero-order valence-electron chi connectivity index (χ0n) is 10.9. The number of carbonyl (C=O) groups excluding carboxylic acids is 1. The molecule has 0 aliphatic heterocycles. The number of hydrogen-bond donors (Lipinski definition) is 1. The lowest BCUT2D eigenvalue weighted by molar-refractivity contribution is 0.0636. The zero-order chi connectivity index (χ0) is 14.6. The quantitative estimate of drug-likeness (QED) is 0.880. The van der Waals surface area contributed by atoms with Gasteiger partial charge in [-0.05, 0) is 38.5 Å². The summed E-state index contributed by atoms with van der Waals surface area (Å²) in [5.74, 6) is 0. The van der Waals surface area contributed by atoms with Crippen LogP contribution in [0.25, 0.3) is 0 Å². The van der Waals surface area contributed by atoms with Crippen LogP contribution < -0.4 is 5.32 Å². The number of nitrogens with zero attached hydrogens (tertiary/aromatic N) is 1. The lowest BCUT2D eigenvalue weighted by Crippen LogP contribution is -2.27. The highest BCUT2D eigenvalue weighted by Gasteiger charge is 2.18. The maximum Gasteiger partial charge on any atom is 0.412 e. The predicted molar refractivity (Wildman–Crippen MR) is 75.6 cm³/mol. The normalized spacial score (nSPS) is 10.7. The van der Waals surface area contributed by atoms with Crippen molar-refractivity contribution >= 4 is 35.0 Å². The van der Waals surface area contributed by atoms with Crippen molar-refractivity contribution < 1.29 is 9.53 Å². The van der Waals surface area contributed by atoms with Gasteiger partial charge in [0.25, 0.3) is 0 Å². The number of carbonyl (C=O) groups is 1. The van der Waals surface area contributed by atoms with Crippen LogP contribution in [0.4, 0.5) is 10.5 Å². The van der Waals surface area contributed by atoms with E-state index in [0.29, 0.717) is 5.56 Å². The standard InChI is InChI=1S/C13H14Cl2N2O2/c1-13(2,3)19-12(18)17-11-9(14)6-8(4-5-16)7-10(11)15/h6-7H,4H2,1-3H3,(H,17,18). The van der Waals surface area contributed by atoms with Gasteiger partial charge in [0.2, 0.25) is 0 Å². The molecule has 0 atom stereocenters. The molecule has 0 aromatic heterocycles. The van der Waals surface area contributed by atoms with E-state index < -0.39 is 11.7 Å². The van der Waals surface area contributed by atoms with Gasteiger partial charge in [-0.25, -0.2) is 4.79 Å². The summed E-state index contributed by atoms with van der Waals surface area (Å²) in [5, 5.41) is 11.6. The first kappa shape index (κ1) is 15.6. The van der Waals surface area contributed by atoms with E-state index in [0.717, 1.165) is 0 Å². The average Bonchev–Trinajstić information content (AvgIpc) is 2.21. The van der Waals surface area contributed by atoms with E-state index >= 15 is 0 Å². The van der Waals surface area contributed by atoms with E-state index in [1.54, 1.807) is 32.9 Å². The summed E-state index contributed by atoms with van der Waals surface area (Å²) in [7, 11) is 0. The number of anilines is 1. The van der Waals surface area contributed by atoms with Crippen LogP contribution in [0.15, 0.2) is 12.1 Å². The van der Waals surface area contributed by atoms with Gasteiger partial charge in [0.15, 0.2) is 0 Å². The fraction of sp³-hybridized carbons (Fsp3) is 0.385. The smallest absolute Gasteiger partial charge is 0.412 e. The molecular formula is C13H14Cl2N2O2. The number of hydrogen-bond acceptors (Lipinski definition) is 3. The van der Waals surface area contributed by atoms with Crippen LogP contribution in [0.5, 0.6) is 0 Å². The van der Waals surface area contributed by atoms with Gasteiger partial charge in [-0.3, -0.25) is 5.32 Å². The van der Waals surface area contributed by atoms with Crippen molar-refractivity contribution in [3.8, 4) is 6.07 Å². The Kier molecular flexibility index (Phi) is 5.04. The Morgan fingerprint density at radius 3 is 2.32 bits per heavy atom. The van der Waals surface area contributed by atoms with Crippen molar-refractivity contribution in [2.45, 2.75) is 32.8 Å². The van der Waals surface area contributed by atoms with Crippen molar-refractivity contribution in [2.75, 3.05) is 5.32 Å². The molecule has 0 saturated heterocycles. The van der Waals surface area contributed by atoms with Gasteiger partial charge in [-0.1, -0.05) is 23.2 Å². The van der Waals surface area contributed by atoms with Crippen molar-refractivity contribution in [1.29, 1.82) is 5.26 Å². The Morgan fingerprint density at radius 2 is 1.89 bits per heavy atom. The molecule has 0 bridgehead atoms. The lowest BCUT2D eigenvalue weighted by Gasteiger charge is -2.20. The molecule has 0 spiro atoms. The number of nitriles is 1. The second-order valence-electron chi connectivity index (χ2n) is 4.90.